The Bertz CT molecular complexity index is 437. The third kappa shape index (κ3) is 8.66. The molecule has 0 aliphatic heterocycles. The zero-order valence-electron chi connectivity index (χ0n) is 16.3. The molecule has 0 saturated heterocycles. The van der Waals surface area contributed by atoms with Crippen LogP contribution in [0, 0.1) is 0 Å². The smallest absolute Gasteiger partial charge is 0.488 e. The highest BCUT2D eigenvalue weighted by Gasteiger charge is 2.48. The highest BCUT2D eigenvalue weighted by Crippen LogP contribution is 2.25. The maximum absolute atomic E-state index is 5.87. The van der Waals surface area contributed by atoms with E-state index in [1.807, 2.05) is 38.0 Å². The maximum atomic E-state index is 5.87. The van der Waals surface area contributed by atoms with Gasteiger partial charge in [-0.1, -0.05) is 19.7 Å². The van der Waals surface area contributed by atoms with E-state index in [0.29, 0.717) is 29.9 Å². The first-order valence-corrected chi connectivity index (χ1v) is 9.85. The molecular formula is C17H33N3O3Si. The van der Waals surface area contributed by atoms with E-state index in [1.165, 1.54) is 0 Å². The van der Waals surface area contributed by atoms with E-state index >= 15 is 0 Å². The van der Waals surface area contributed by atoms with Crippen molar-refractivity contribution in [3.8, 4) is 0 Å². The van der Waals surface area contributed by atoms with E-state index in [0.717, 1.165) is 12.4 Å². The molecule has 0 amide bonds. The van der Waals surface area contributed by atoms with Gasteiger partial charge in [-0.15, -0.1) is 0 Å². The average Bonchev–Trinajstić information content (AvgIpc) is 2.34. The summed E-state index contributed by atoms with van der Waals surface area (Å²) in [6, 6.07) is 0.594. The highest BCUT2D eigenvalue weighted by atomic mass is 28.4. The second-order valence-corrected chi connectivity index (χ2v) is 8.65. The fraction of sp³-hybridized carbons (Fsp3) is 0.588. The molecule has 0 aliphatic rings. The molecule has 0 rings (SSSR count). The molecule has 24 heavy (non-hydrogen) atoms. The number of hydrogen-bond donors (Lipinski definition) is 0. The molecule has 0 spiro atoms. The van der Waals surface area contributed by atoms with Gasteiger partial charge in [0.15, 0.2) is 5.96 Å². The molecule has 0 N–H and O–H groups in total. The fourth-order valence-corrected chi connectivity index (χ4v) is 4.78. The van der Waals surface area contributed by atoms with Gasteiger partial charge in [0, 0.05) is 34.7 Å². The molecule has 0 radical (unpaired) electrons. The number of allylic oxidation sites excluding steroid dienone is 3. The van der Waals surface area contributed by atoms with Gasteiger partial charge in [-0.3, -0.25) is 4.99 Å². The van der Waals surface area contributed by atoms with Crippen molar-refractivity contribution in [1.29, 1.82) is 0 Å². The van der Waals surface area contributed by atoms with E-state index in [4.69, 9.17) is 13.3 Å². The summed E-state index contributed by atoms with van der Waals surface area (Å²) >= 11 is 0. The molecule has 0 saturated carbocycles. The minimum Gasteiger partial charge on any atom is -0.488 e. The predicted molar refractivity (Wildman–Crippen MR) is 103 cm³/mol. The summed E-state index contributed by atoms with van der Waals surface area (Å²) in [6.45, 7) is 17.4. The van der Waals surface area contributed by atoms with Crippen molar-refractivity contribution in [3.05, 3.63) is 37.0 Å². The number of hydrogen-bond acceptors (Lipinski definition) is 4. The van der Waals surface area contributed by atoms with E-state index in [2.05, 4.69) is 24.7 Å². The van der Waals surface area contributed by atoms with Gasteiger partial charge < -0.3 is 23.1 Å². The van der Waals surface area contributed by atoms with Gasteiger partial charge >= 0.3 is 8.80 Å². The lowest BCUT2D eigenvalue weighted by Gasteiger charge is -2.30. The molecule has 0 bridgehead atoms. The zero-order chi connectivity index (χ0) is 18.9. The topological polar surface area (TPSA) is 46.5 Å². The van der Waals surface area contributed by atoms with Gasteiger partial charge in [-0.2, -0.15) is 0 Å². The van der Waals surface area contributed by atoms with Crippen molar-refractivity contribution in [2.24, 2.45) is 4.99 Å². The number of rotatable bonds is 10. The molecule has 0 unspecified atom stereocenters. The second-order valence-electron chi connectivity index (χ2n) is 6.17. The second kappa shape index (κ2) is 10.1. The van der Waals surface area contributed by atoms with Crippen molar-refractivity contribution in [3.63, 3.8) is 0 Å². The molecule has 0 aromatic heterocycles. The van der Waals surface area contributed by atoms with Gasteiger partial charge in [-0.05, 0) is 27.2 Å². The minimum atomic E-state index is -3.01. The Balaban J connectivity index is 5.10. The number of aliphatic imine (C=N–C) groups is 1. The molecule has 7 heteroatoms. The van der Waals surface area contributed by atoms with Crippen molar-refractivity contribution in [1.82, 2.24) is 9.80 Å². The minimum absolute atomic E-state index is 0.551. The monoisotopic (exact) mass is 355 g/mol. The molecule has 0 aliphatic carbocycles. The van der Waals surface area contributed by atoms with E-state index < -0.39 is 8.80 Å². The van der Waals surface area contributed by atoms with Crippen LogP contribution in [0.4, 0.5) is 0 Å². The summed E-state index contributed by atoms with van der Waals surface area (Å²) in [7, 11) is 4.87. The quantitative estimate of drug-likeness (QED) is 0.197. The Morgan fingerprint density at radius 1 is 0.833 bits per heavy atom. The average molecular weight is 356 g/mol. The van der Waals surface area contributed by atoms with Gasteiger partial charge in [0.1, 0.15) is 0 Å². The Morgan fingerprint density at radius 2 is 1.21 bits per heavy atom. The highest BCUT2D eigenvalue weighted by molar-refractivity contribution is 6.61. The lowest BCUT2D eigenvalue weighted by molar-refractivity contribution is 0.144. The van der Waals surface area contributed by atoms with Crippen molar-refractivity contribution in [2.75, 3.05) is 34.7 Å². The van der Waals surface area contributed by atoms with Crippen molar-refractivity contribution < 1.29 is 13.3 Å². The fourth-order valence-electron chi connectivity index (χ4n) is 2.17. The van der Waals surface area contributed by atoms with Gasteiger partial charge in [0.25, 0.3) is 0 Å². The van der Waals surface area contributed by atoms with E-state index in [1.54, 1.807) is 20.8 Å². The Labute approximate surface area is 148 Å². The number of nitrogens with zero attached hydrogens (tertiary/aromatic N) is 3. The molecule has 0 aromatic rings. The largest absolute Gasteiger partial charge is 0.698 e. The SMILES string of the molecule is C=C(C)O[Si](CCCN=C(N(C)C)N(C)C)(OC(=C)C)OC(=C)C. The van der Waals surface area contributed by atoms with E-state index in [-0.39, 0.29) is 0 Å². The van der Waals surface area contributed by atoms with Crippen LogP contribution in [0.5, 0.6) is 0 Å². The lowest BCUT2D eigenvalue weighted by atomic mass is 10.5. The van der Waals surface area contributed by atoms with Gasteiger partial charge in [0.2, 0.25) is 0 Å². The summed E-state index contributed by atoms with van der Waals surface area (Å²) in [6.07, 6.45) is 0.755. The summed E-state index contributed by atoms with van der Waals surface area (Å²) in [5, 5.41) is 0. The molecule has 0 fully saturated rings. The Kier molecular flexibility index (Phi) is 9.28. The Morgan fingerprint density at radius 3 is 1.50 bits per heavy atom. The molecule has 6 nitrogen and oxygen atoms in total. The summed E-state index contributed by atoms with van der Waals surface area (Å²) in [4.78, 5) is 8.57. The predicted octanol–water partition coefficient (Wildman–Crippen LogP) is 3.45. The van der Waals surface area contributed by atoms with Crippen LogP contribution in [-0.4, -0.2) is 59.3 Å². The van der Waals surface area contributed by atoms with Gasteiger partial charge in [0.05, 0.1) is 23.3 Å². The maximum Gasteiger partial charge on any atom is 0.698 e. The van der Waals surface area contributed by atoms with Crippen LogP contribution in [-0.2, 0) is 13.3 Å². The summed E-state index contributed by atoms with van der Waals surface area (Å²) < 4.78 is 17.6. The molecule has 138 valence electrons. The third-order valence-electron chi connectivity index (χ3n) is 2.68. The van der Waals surface area contributed by atoms with Gasteiger partial charge in [-0.25, -0.2) is 0 Å². The van der Waals surface area contributed by atoms with E-state index in [9.17, 15) is 0 Å². The summed E-state index contributed by atoms with van der Waals surface area (Å²) in [5.74, 6) is 2.56. The van der Waals surface area contributed by atoms with Crippen LogP contribution < -0.4 is 0 Å². The molecule has 0 atom stereocenters. The van der Waals surface area contributed by atoms with Crippen LogP contribution in [0.3, 0.4) is 0 Å². The molecular weight excluding hydrogens is 322 g/mol. The van der Waals surface area contributed by atoms with Crippen LogP contribution in [0.2, 0.25) is 6.04 Å². The van der Waals surface area contributed by atoms with Crippen LogP contribution in [0.25, 0.3) is 0 Å². The standard InChI is InChI=1S/C17H33N3O3Si/c1-14(2)21-24(22-15(3)4,23-16(5)6)13-11-12-18-17(19(7)8)20(9)10/h1,3,5,11-13H2,2,4,6-10H3. The molecule has 0 aromatic carbocycles. The first kappa shape index (κ1) is 22.1. The third-order valence-corrected chi connectivity index (χ3v) is 5.63. The summed E-state index contributed by atoms with van der Waals surface area (Å²) in [5.41, 5.74) is 0. The normalized spacial score (nSPS) is 10.5. The molecule has 0 heterocycles. The first-order chi connectivity index (χ1) is 11.0. The lowest BCUT2D eigenvalue weighted by Crippen LogP contribution is -2.44. The first-order valence-electron chi connectivity index (χ1n) is 7.91. The van der Waals surface area contributed by atoms with Crippen LogP contribution in [0.1, 0.15) is 27.2 Å². The zero-order valence-corrected chi connectivity index (χ0v) is 17.3. The van der Waals surface area contributed by atoms with Crippen molar-refractivity contribution in [2.45, 2.75) is 33.2 Å². The van der Waals surface area contributed by atoms with Crippen molar-refractivity contribution >= 4 is 14.8 Å². The van der Waals surface area contributed by atoms with Crippen LogP contribution >= 0.6 is 0 Å². The Hall–Kier alpha value is -1.89. The number of guanidine groups is 1. The van der Waals surface area contributed by atoms with Crippen LogP contribution in [0.15, 0.2) is 42.0 Å².